The van der Waals surface area contributed by atoms with Crippen molar-refractivity contribution in [1.82, 2.24) is 4.72 Å². The molecule has 0 aromatic heterocycles. The lowest BCUT2D eigenvalue weighted by Gasteiger charge is -2.15. The zero-order valence-corrected chi connectivity index (χ0v) is 16.4. The molecule has 3 rings (SSSR count). The fourth-order valence-corrected chi connectivity index (χ4v) is 4.22. The Hall–Kier alpha value is -2.38. The summed E-state index contributed by atoms with van der Waals surface area (Å²) in [5.74, 6) is 0.696. The van der Waals surface area contributed by atoms with Gasteiger partial charge in [0.1, 0.15) is 12.4 Å². The highest BCUT2D eigenvalue weighted by molar-refractivity contribution is 7.89. The zero-order valence-electron chi connectivity index (χ0n) is 15.6. The van der Waals surface area contributed by atoms with Crippen molar-refractivity contribution in [3.8, 4) is 5.75 Å². The Morgan fingerprint density at radius 2 is 2.04 bits per heavy atom. The predicted molar refractivity (Wildman–Crippen MR) is 105 cm³/mol. The van der Waals surface area contributed by atoms with E-state index in [1.54, 1.807) is 17.0 Å². The van der Waals surface area contributed by atoms with Crippen LogP contribution in [0.2, 0.25) is 0 Å². The highest BCUT2D eigenvalue weighted by Gasteiger charge is 2.24. The fraction of sp³-hybridized carbons (Fsp3) is 0.350. The number of fused-ring (bicyclic) bond motifs is 1. The third kappa shape index (κ3) is 4.48. The van der Waals surface area contributed by atoms with Crippen LogP contribution in [-0.4, -0.2) is 34.0 Å². The molecule has 6 nitrogen and oxygen atoms in total. The minimum Gasteiger partial charge on any atom is -0.492 e. The lowest BCUT2D eigenvalue weighted by molar-refractivity contribution is -0.116. The molecule has 0 radical (unpaired) electrons. The van der Waals surface area contributed by atoms with Crippen LogP contribution >= 0.6 is 0 Å². The number of nitrogens with zero attached hydrogens (tertiary/aromatic N) is 1. The normalized spacial score (nSPS) is 13.5. The Morgan fingerprint density at radius 3 is 2.78 bits per heavy atom. The molecule has 0 atom stereocenters. The molecule has 2 aromatic rings. The summed E-state index contributed by atoms with van der Waals surface area (Å²) in [6.07, 6.45) is 1.58. The smallest absolute Gasteiger partial charge is 0.240 e. The molecule has 1 amide bonds. The standard InChI is InChI=1S/C20H24N2O4S/c1-3-16-5-4-6-18(13-16)26-12-10-21-27(24,25)19-7-8-20-17(14-19)9-11-22(20)15(2)23/h4-8,13-14,21H,3,9-12H2,1-2H3. The van der Waals surface area contributed by atoms with Crippen molar-refractivity contribution in [2.45, 2.75) is 31.6 Å². The van der Waals surface area contributed by atoms with E-state index in [1.165, 1.54) is 18.6 Å². The van der Waals surface area contributed by atoms with E-state index in [1.807, 2.05) is 24.3 Å². The number of amides is 1. The summed E-state index contributed by atoms with van der Waals surface area (Å²) in [5.41, 5.74) is 2.84. The minimum atomic E-state index is -3.62. The molecule has 0 saturated heterocycles. The number of carbonyl (C=O) groups excluding carboxylic acids is 1. The van der Waals surface area contributed by atoms with E-state index in [0.29, 0.717) is 13.0 Å². The van der Waals surface area contributed by atoms with Crippen LogP contribution in [0.3, 0.4) is 0 Å². The van der Waals surface area contributed by atoms with Crippen LogP contribution in [0.1, 0.15) is 25.0 Å². The molecule has 0 spiro atoms. The van der Waals surface area contributed by atoms with E-state index in [2.05, 4.69) is 11.6 Å². The Labute approximate surface area is 160 Å². The van der Waals surface area contributed by atoms with Crippen LogP contribution in [0.5, 0.6) is 5.75 Å². The van der Waals surface area contributed by atoms with Gasteiger partial charge in [0, 0.05) is 25.7 Å². The van der Waals surface area contributed by atoms with Gasteiger partial charge in [-0.25, -0.2) is 13.1 Å². The third-order valence-electron chi connectivity index (χ3n) is 4.61. The van der Waals surface area contributed by atoms with E-state index in [4.69, 9.17) is 4.74 Å². The maximum atomic E-state index is 12.5. The van der Waals surface area contributed by atoms with Crippen molar-refractivity contribution in [3.63, 3.8) is 0 Å². The van der Waals surface area contributed by atoms with Crippen molar-refractivity contribution in [3.05, 3.63) is 53.6 Å². The van der Waals surface area contributed by atoms with E-state index >= 15 is 0 Å². The van der Waals surface area contributed by atoms with Gasteiger partial charge in [-0.1, -0.05) is 19.1 Å². The van der Waals surface area contributed by atoms with Crippen LogP contribution in [-0.2, 0) is 27.7 Å². The second-order valence-electron chi connectivity index (χ2n) is 6.46. The summed E-state index contributed by atoms with van der Waals surface area (Å²) in [5, 5.41) is 0. The molecule has 1 N–H and O–H groups in total. The fourth-order valence-electron chi connectivity index (χ4n) is 3.16. The molecule has 1 aliphatic heterocycles. The number of benzene rings is 2. The Kier molecular flexibility index (Phi) is 5.82. The van der Waals surface area contributed by atoms with Crippen molar-refractivity contribution in [2.24, 2.45) is 0 Å². The summed E-state index contributed by atoms with van der Waals surface area (Å²) in [7, 11) is -3.62. The SMILES string of the molecule is CCc1cccc(OCCNS(=O)(=O)c2ccc3c(c2)CCN3C(C)=O)c1. The summed E-state index contributed by atoms with van der Waals surface area (Å²) >= 11 is 0. The maximum Gasteiger partial charge on any atom is 0.240 e. The number of rotatable bonds is 7. The third-order valence-corrected chi connectivity index (χ3v) is 6.07. The second kappa shape index (κ2) is 8.10. The molecule has 144 valence electrons. The number of sulfonamides is 1. The van der Waals surface area contributed by atoms with E-state index in [0.717, 1.165) is 23.4 Å². The largest absolute Gasteiger partial charge is 0.492 e. The molecule has 1 heterocycles. The molecule has 0 aliphatic carbocycles. The molecule has 0 bridgehead atoms. The molecule has 2 aromatic carbocycles. The number of nitrogens with one attached hydrogen (secondary N) is 1. The van der Waals surface area contributed by atoms with E-state index in [9.17, 15) is 13.2 Å². The lowest BCUT2D eigenvalue weighted by atomic mass is 10.2. The van der Waals surface area contributed by atoms with Crippen molar-refractivity contribution < 1.29 is 17.9 Å². The summed E-state index contributed by atoms with van der Waals surface area (Å²) in [6.45, 7) is 4.59. The van der Waals surface area contributed by atoms with Gasteiger partial charge in [-0.15, -0.1) is 0 Å². The minimum absolute atomic E-state index is 0.0354. The van der Waals surface area contributed by atoms with Gasteiger partial charge in [-0.3, -0.25) is 4.79 Å². The first-order valence-electron chi connectivity index (χ1n) is 9.03. The Morgan fingerprint density at radius 1 is 1.22 bits per heavy atom. The quantitative estimate of drug-likeness (QED) is 0.740. The first-order chi connectivity index (χ1) is 12.9. The number of carbonyl (C=O) groups is 1. The molecule has 1 aliphatic rings. The highest BCUT2D eigenvalue weighted by Crippen LogP contribution is 2.30. The van der Waals surface area contributed by atoms with Gasteiger partial charge in [0.2, 0.25) is 15.9 Å². The van der Waals surface area contributed by atoms with Gasteiger partial charge < -0.3 is 9.64 Å². The van der Waals surface area contributed by atoms with Crippen LogP contribution in [0.25, 0.3) is 0 Å². The molecule has 0 saturated carbocycles. The number of anilines is 1. The molecule has 7 heteroatoms. The number of ether oxygens (including phenoxy) is 1. The van der Waals surface area contributed by atoms with Gasteiger partial charge in [0.25, 0.3) is 0 Å². The molecular weight excluding hydrogens is 364 g/mol. The van der Waals surface area contributed by atoms with Crippen LogP contribution in [0.4, 0.5) is 5.69 Å². The second-order valence-corrected chi connectivity index (χ2v) is 8.23. The molecular formula is C20H24N2O4S. The van der Waals surface area contributed by atoms with Crippen LogP contribution < -0.4 is 14.4 Å². The highest BCUT2D eigenvalue weighted by atomic mass is 32.2. The van der Waals surface area contributed by atoms with Crippen LogP contribution in [0.15, 0.2) is 47.4 Å². The predicted octanol–water partition coefficient (Wildman–Crippen LogP) is 2.52. The van der Waals surface area contributed by atoms with E-state index in [-0.39, 0.29) is 24.0 Å². The summed E-state index contributed by atoms with van der Waals surface area (Å²) < 4.78 is 33.2. The van der Waals surface area contributed by atoms with Gasteiger partial charge in [-0.2, -0.15) is 0 Å². The molecule has 0 fully saturated rings. The Balaban J connectivity index is 1.59. The first kappa shape index (κ1) is 19.4. The number of hydrogen-bond donors (Lipinski definition) is 1. The molecule has 0 unspecified atom stereocenters. The zero-order chi connectivity index (χ0) is 19.4. The molecule has 27 heavy (non-hydrogen) atoms. The summed E-state index contributed by atoms with van der Waals surface area (Å²) in [6, 6.07) is 12.6. The Bertz CT molecular complexity index is 941. The average molecular weight is 388 g/mol. The summed E-state index contributed by atoms with van der Waals surface area (Å²) in [4.78, 5) is 13.5. The first-order valence-corrected chi connectivity index (χ1v) is 10.5. The average Bonchev–Trinajstić information content (AvgIpc) is 3.09. The monoisotopic (exact) mass is 388 g/mol. The van der Waals surface area contributed by atoms with Gasteiger partial charge in [0.15, 0.2) is 0 Å². The van der Waals surface area contributed by atoms with Gasteiger partial charge in [-0.05, 0) is 54.3 Å². The van der Waals surface area contributed by atoms with E-state index < -0.39 is 10.0 Å². The van der Waals surface area contributed by atoms with Gasteiger partial charge in [0.05, 0.1) is 4.90 Å². The van der Waals surface area contributed by atoms with Crippen LogP contribution in [0, 0.1) is 0 Å². The topological polar surface area (TPSA) is 75.7 Å². The number of hydrogen-bond acceptors (Lipinski definition) is 4. The number of aryl methyl sites for hydroxylation is 1. The lowest BCUT2D eigenvalue weighted by Crippen LogP contribution is -2.28. The van der Waals surface area contributed by atoms with Crippen molar-refractivity contribution >= 4 is 21.6 Å². The maximum absolute atomic E-state index is 12.5. The van der Waals surface area contributed by atoms with Crippen molar-refractivity contribution in [2.75, 3.05) is 24.6 Å². The van der Waals surface area contributed by atoms with Gasteiger partial charge >= 0.3 is 0 Å². The van der Waals surface area contributed by atoms with Crippen molar-refractivity contribution in [1.29, 1.82) is 0 Å².